The Morgan fingerprint density at radius 1 is 1.16 bits per heavy atom. The predicted molar refractivity (Wildman–Crippen MR) is 151 cm³/mol. The van der Waals surface area contributed by atoms with Crippen LogP contribution >= 0.6 is 12.2 Å². The third kappa shape index (κ3) is 4.70. The summed E-state index contributed by atoms with van der Waals surface area (Å²) in [5.41, 5.74) is 5.71. The maximum absolute atomic E-state index is 12.6. The molecule has 1 saturated carbocycles. The molecule has 0 spiro atoms. The highest BCUT2D eigenvalue weighted by Gasteiger charge is 2.43. The fraction of sp³-hybridized carbons (Fsp3) is 0.414. The van der Waals surface area contributed by atoms with E-state index in [9.17, 15) is 4.79 Å². The lowest BCUT2D eigenvalue weighted by Gasteiger charge is -2.29. The predicted octanol–water partition coefficient (Wildman–Crippen LogP) is 6.01. The SMILES string of the molecule is COc1cc(N2C(=S)N[C@@H](c3ccccn3)[C@H]2c2cc(C)n(C3CC3)c2C)ccc1NC(=O)C(C)(C)C. The number of nitrogens with zero attached hydrogens (tertiary/aromatic N) is 3. The molecule has 3 aromatic rings. The summed E-state index contributed by atoms with van der Waals surface area (Å²) in [6.07, 6.45) is 4.27. The zero-order valence-corrected chi connectivity index (χ0v) is 23.1. The van der Waals surface area contributed by atoms with E-state index in [-0.39, 0.29) is 18.0 Å². The first-order valence-electron chi connectivity index (χ1n) is 12.8. The molecule has 2 N–H and O–H groups in total. The number of amides is 1. The number of ether oxygens (including phenoxy) is 1. The highest BCUT2D eigenvalue weighted by molar-refractivity contribution is 7.80. The third-order valence-electron chi connectivity index (χ3n) is 7.24. The van der Waals surface area contributed by atoms with Crippen LogP contribution in [0.3, 0.4) is 0 Å². The summed E-state index contributed by atoms with van der Waals surface area (Å²) in [4.78, 5) is 19.5. The van der Waals surface area contributed by atoms with E-state index in [4.69, 9.17) is 17.0 Å². The minimum atomic E-state index is -0.519. The van der Waals surface area contributed by atoms with Crippen LogP contribution in [0.1, 0.15) is 74.4 Å². The number of carbonyl (C=O) groups excluding carboxylic acids is 1. The molecule has 7 nitrogen and oxygen atoms in total. The Morgan fingerprint density at radius 3 is 2.54 bits per heavy atom. The number of methoxy groups -OCH3 is 1. The van der Waals surface area contributed by atoms with E-state index in [0.29, 0.717) is 22.6 Å². The number of aryl methyl sites for hydroxylation is 1. The van der Waals surface area contributed by atoms with Gasteiger partial charge in [0.05, 0.1) is 30.6 Å². The molecule has 1 aromatic carbocycles. The van der Waals surface area contributed by atoms with Gasteiger partial charge in [0.2, 0.25) is 5.91 Å². The van der Waals surface area contributed by atoms with E-state index in [0.717, 1.165) is 11.4 Å². The minimum absolute atomic E-state index is 0.0717. The fourth-order valence-corrected chi connectivity index (χ4v) is 5.53. The van der Waals surface area contributed by atoms with Crippen LogP contribution in [0.2, 0.25) is 0 Å². The lowest BCUT2D eigenvalue weighted by Crippen LogP contribution is -2.30. The Hall–Kier alpha value is -3.39. The molecular weight excluding hydrogens is 482 g/mol. The van der Waals surface area contributed by atoms with E-state index in [1.807, 2.05) is 63.4 Å². The fourth-order valence-electron chi connectivity index (χ4n) is 5.19. The van der Waals surface area contributed by atoms with Gasteiger partial charge >= 0.3 is 0 Å². The Labute approximate surface area is 224 Å². The largest absolute Gasteiger partial charge is 0.494 e. The summed E-state index contributed by atoms with van der Waals surface area (Å²) in [7, 11) is 1.61. The van der Waals surface area contributed by atoms with Crippen LogP contribution in [0, 0.1) is 19.3 Å². The molecule has 8 heteroatoms. The molecule has 3 heterocycles. The monoisotopic (exact) mass is 517 g/mol. The van der Waals surface area contributed by atoms with E-state index in [1.54, 1.807) is 7.11 Å². The van der Waals surface area contributed by atoms with E-state index in [2.05, 4.69) is 45.0 Å². The van der Waals surface area contributed by atoms with Gasteiger partial charge in [-0.1, -0.05) is 26.8 Å². The smallest absolute Gasteiger partial charge is 0.229 e. The summed E-state index contributed by atoms with van der Waals surface area (Å²) in [6.45, 7) is 10.1. The molecule has 5 rings (SSSR count). The molecule has 2 aliphatic rings. The number of rotatable bonds is 6. The van der Waals surface area contributed by atoms with E-state index >= 15 is 0 Å². The molecule has 2 fully saturated rings. The topological polar surface area (TPSA) is 71.4 Å². The highest BCUT2D eigenvalue weighted by Crippen LogP contribution is 2.47. The number of carbonyl (C=O) groups is 1. The summed E-state index contributed by atoms with van der Waals surface area (Å²) >= 11 is 5.92. The first-order valence-corrected chi connectivity index (χ1v) is 13.2. The summed E-state index contributed by atoms with van der Waals surface area (Å²) in [5.74, 6) is 0.513. The van der Waals surface area contributed by atoms with Crippen molar-refractivity contribution < 1.29 is 9.53 Å². The normalized spacial score (nSPS) is 19.6. The van der Waals surface area contributed by atoms with Gasteiger partial charge in [0.1, 0.15) is 5.75 Å². The average Bonchev–Trinajstić information content (AvgIpc) is 3.57. The van der Waals surface area contributed by atoms with E-state index < -0.39 is 5.41 Å². The molecule has 194 valence electrons. The Kier molecular flexibility index (Phi) is 6.48. The van der Waals surface area contributed by atoms with Gasteiger partial charge in [-0.3, -0.25) is 9.78 Å². The van der Waals surface area contributed by atoms with Gasteiger partial charge in [0, 0.05) is 40.8 Å². The van der Waals surface area contributed by atoms with Crippen molar-refractivity contribution in [3.05, 3.63) is 71.3 Å². The summed E-state index contributed by atoms with van der Waals surface area (Å²) in [6, 6.07) is 14.5. The first kappa shape index (κ1) is 25.3. The zero-order valence-electron chi connectivity index (χ0n) is 22.3. The van der Waals surface area contributed by atoms with Crippen molar-refractivity contribution in [2.75, 3.05) is 17.3 Å². The summed E-state index contributed by atoms with van der Waals surface area (Å²) < 4.78 is 8.18. The quantitative estimate of drug-likeness (QED) is 0.391. The lowest BCUT2D eigenvalue weighted by atomic mass is 9.95. The average molecular weight is 518 g/mol. The second kappa shape index (κ2) is 9.49. The van der Waals surface area contributed by atoms with Crippen LogP contribution in [-0.2, 0) is 4.79 Å². The van der Waals surface area contributed by atoms with Gasteiger partial charge in [-0.05, 0) is 74.8 Å². The lowest BCUT2D eigenvalue weighted by molar-refractivity contribution is -0.123. The third-order valence-corrected chi connectivity index (χ3v) is 7.56. The standard InChI is InChI=1S/C29H35N5O2S/c1-17-15-21(18(2)33(17)19-10-11-19)26-25(23-9-7-8-14-30-23)32-28(37)34(26)20-12-13-22(24(16-20)36-6)31-27(35)29(3,4)5/h7-9,12-16,19,25-26H,10-11H2,1-6H3,(H,31,35)(H,32,37)/t25-,26+/m0/s1. The van der Waals surface area contributed by atoms with Gasteiger partial charge < -0.3 is 24.8 Å². The number of hydrogen-bond acceptors (Lipinski definition) is 4. The van der Waals surface area contributed by atoms with Crippen LogP contribution < -0.4 is 20.3 Å². The molecule has 37 heavy (non-hydrogen) atoms. The van der Waals surface area contributed by atoms with Crippen molar-refractivity contribution in [2.45, 2.75) is 65.6 Å². The number of hydrogen-bond donors (Lipinski definition) is 2. The van der Waals surface area contributed by atoms with Gasteiger partial charge in [0.25, 0.3) is 0 Å². The van der Waals surface area contributed by atoms with Gasteiger partial charge in [0.15, 0.2) is 5.11 Å². The molecule has 1 aliphatic carbocycles. The molecule has 0 bridgehead atoms. The van der Waals surface area contributed by atoms with Crippen LogP contribution in [0.25, 0.3) is 0 Å². The van der Waals surface area contributed by atoms with Gasteiger partial charge in [-0.2, -0.15) is 0 Å². The van der Waals surface area contributed by atoms with Gasteiger partial charge in [-0.25, -0.2) is 0 Å². The maximum atomic E-state index is 12.6. The van der Waals surface area contributed by atoms with Crippen molar-refractivity contribution in [2.24, 2.45) is 5.41 Å². The number of pyridine rings is 1. The van der Waals surface area contributed by atoms with Crippen LogP contribution in [-0.4, -0.2) is 27.7 Å². The molecule has 1 amide bonds. The first-order chi connectivity index (χ1) is 17.6. The number of aromatic nitrogens is 2. The Balaban J connectivity index is 1.59. The van der Waals surface area contributed by atoms with Crippen LogP contribution in [0.5, 0.6) is 5.75 Å². The van der Waals surface area contributed by atoms with Crippen molar-refractivity contribution in [3.63, 3.8) is 0 Å². The van der Waals surface area contributed by atoms with Crippen LogP contribution in [0.4, 0.5) is 11.4 Å². The molecule has 2 atom stereocenters. The molecule has 1 saturated heterocycles. The second-order valence-electron chi connectivity index (χ2n) is 11.0. The van der Waals surface area contributed by atoms with Gasteiger partial charge in [-0.15, -0.1) is 0 Å². The number of benzene rings is 1. The number of thiocarbonyl (C=S) groups is 1. The molecule has 0 unspecified atom stereocenters. The van der Waals surface area contributed by atoms with Crippen LogP contribution in [0.15, 0.2) is 48.7 Å². The second-order valence-corrected chi connectivity index (χ2v) is 11.4. The molecule has 2 aromatic heterocycles. The highest BCUT2D eigenvalue weighted by atomic mass is 32.1. The van der Waals surface area contributed by atoms with Crippen molar-refractivity contribution in [1.82, 2.24) is 14.9 Å². The molecule has 1 aliphatic heterocycles. The van der Waals surface area contributed by atoms with E-state index in [1.165, 1.54) is 29.8 Å². The number of anilines is 2. The minimum Gasteiger partial charge on any atom is -0.494 e. The number of nitrogens with one attached hydrogen (secondary N) is 2. The molecular formula is C29H35N5O2S. The molecule has 0 radical (unpaired) electrons. The summed E-state index contributed by atoms with van der Waals surface area (Å²) in [5, 5.41) is 7.18. The Bertz CT molecular complexity index is 1340. The van der Waals surface area contributed by atoms with Crippen molar-refractivity contribution in [1.29, 1.82) is 0 Å². The maximum Gasteiger partial charge on any atom is 0.229 e. The van der Waals surface area contributed by atoms with Crippen molar-refractivity contribution in [3.8, 4) is 5.75 Å². The Morgan fingerprint density at radius 2 is 1.92 bits per heavy atom. The van der Waals surface area contributed by atoms with Crippen molar-refractivity contribution >= 4 is 34.6 Å². The zero-order chi connectivity index (χ0) is 26.5.